The molecule has 0 bridgehead atoms. The number of benzene rings is 3. The number of piperazine rings is 1. The lowest BCUT2D eigenvalue weighted by Crippen LogP contribution is -2.48. The van der Waals surface area contributed by atoms with E-state index in [4.69, 9.17) is 16.3 Å². The van der Waals surface area contributed by atoms with Gasteiger partial charge in [0.25, 0.3) is 17.7 Å². The number of amides is 3. The summed E-state index contributed by atoms with van der Waals surface area (Å²) < 4.78 is 5.13. The van der Waals surface area contributed by atoms with Crippen LogP contribution in [0.3, 0.4) is 0 Å². The van der Waals surface area contributed by atoms with Crippen molar-refractivity contribution < 1.29 is 19.1 Å². The van der Waals surface area contributed by atoms with Crippen LogP contribution in [0, 0.1) is 0 Å². The van der Waals surface area contributed by atoms with Gasteiger partial charge in [0.15, 0.2) is 0 Å². The van der Waals surface area contributed by atoms with Gasteiger partial charge in [0.05, 0.1) is 12.8 Å². The minimum absolute atomic E-state index is 0.0152. The second-order valence-electron chi connectivity index (χ2n) is 8.65. The van der Waals surface area contributed by atoms with E-state index in [0.29, 0.717) is 35.8 Å². The highest BCUT2D eigenvalue weighted by Crippen LogP contribution is 2.31. The van der Waals surface area contributed by atoms with Crippen LogP contribution in [-0.4, -0.2) is 55.9 Å². The van der Waals surface area contributed by atoms with E-state index in [2.05, 4.69) is 22.3 Å². The van der Waals surface area contributed by atoms with Crippen molar-refractivity contribution in [1.29, 1.82) is 0 Å². The average molecular weight is 517 g/mol. The van der Waals surface area contributed by atoms with Crippen LogP contribution < -0.4 is 19.9 Å². The summed E-state index contributed by atoms with van der Waals surface area (Å²) in [6, 6.07) is 23.5. The molecule has 0 saturated carbocycles. The van der Waals surface area contributed by atoms with E-state index < -0.39 is 11.8 Å². The Balaban J connectivity index is 1.22. The summed E-state index contributed by atoms with van der Waals surface area (Å²) in [6.45, 7) is 2.80. The number of methoxy groups -OCH3 is 1. The lowest BCUT2D eigenvalue weighted by Gasteiger charge is -2.36. The molecular weight excluding hydrogens is 492 g/mol. The third-order valence-corrected chi connectivity index (χ3v) is 6.80. The molecule has 1 fully saturated rings. The molecule has 0 spiro atoms. The minimum atomic E-state index is -0.610. The van der Waals surface area contributed by atoms with E-state index in [0.717, 1.165) is 23.7 Å². The zero-order chi connectivity index (χ0) is 25.9. The van der Waals surface area contributed by atoms with Crippen molar-refractivity contribution in [2.45, 2.75) is 0 Å². The molecule has 2 aliphatic heterocycles. The third kappa shape index (κ3) is 4.88. The Morgan fingerprint density at radius 3 is 2.08 bits per heavy atom. The zero-order valence-electron chi connectivity index (χ0n) is 20.2. The van der Waals surface area contributed by atoms with E-state index in [1.54, 1.807) is 48.5 Å². The van der Waals surface area contributed by atoms with Gasteiger partial charge in [-0.3, -0.25) is 14.4 Å². The number of anilines is 3. The number of carbonyl (C=O) groups excluding carboxylic acids is 3. The molecule has 2 heterocycles. The van der Waals surface area contributed by atoms with Gasteiger partial charge >= 0.3 is 0 Å². The summed E-state index contributed by atoms with van der Waals surface area (Å²) in [5, 5.41) is 2.75. The summed E-state index contributed by atoms with van der Waals surface area (Å²) in [4.78, 5) is 43.8. The van der Waals surface area contributed by atoms with Crippen LogP contribution in [0.2, 0.25) is 0 Å². The molecule has 37 heavy (non-hydrogen) atoms. The molecule has 1 saturated heterocycles. The van der Waals surface area contributed by atoms with E-state index in [1.165, 1.54) is 7.11 Å². The van der Waals surface area contributed by atoms with Gasteiger partial charge in [-0.25, -0.2) is 4.90 Å². The Kier molecular flexibility index (Phi) is 6.83. The molecule has 5 rings (SSSR count). The first-order valence-corrected chi connectivity index (χ1v) is 12.2. The van der Waals surface area contributed by atoms with Gasteiger partial charge in [0.1, 0.15) is 16.5 Å². The number of hydrogen-bond donors (Lipinski definition) is 1. The Morgan fingerprint density at radius 2 is 1.46 bits per heavy atom. The van der Waals surface area contributed by atoms with Gasteiger partial charge < -0.3 is 19.9 Å². The van der Waals surface area contributed by atoms with Gasteiger partial charge in [-0.1, -0.05) is 29.8 Å². The largest absolute Gasteiger partial charge is 0.497 e. The van der Waals surface area contributed by atoms with E-state index in [9.17, 15) is 14.4 Å². The fourth-order valence-corrected chi connectivity index (χ4v) is 4.62. The van der Waals surface area contributed by atoms with Gasteiger partial charge in [-0.15, -0.1) is 0 Å². The molecule has 1 N–H and O–H groups in total. The first-order chi connectivity index (χ1) is 18.0. The maximum atomic E-state index is 13.0. The molecule has 188 valence electrons. The van der Waals surface area contributed by atoms with E-state index >= 15 is 0 Å². The van der Waals surface area contributed by atoms with Crippen molar-refractivity contribution in [3.05, 3.63) is 95.2 Å². The van der Waals surface area contributed by atoms with Crippen LogP contribution in [0.4, 0.5) is 17.1 Å². The predicted octanol–water partition coefficient (Wildman–Crippen LogP) is 4.09. The summed E-state index contributed by atoms with van der Waals surface area (Å²) in [6.07, 6.45) is 0. The van der Waals surface area contributed by atoms with E-state index in [-0.39, 0.29) is 16.6 Å². The van der Waals surface area contributed by atoms with Crippen LogP contribution in [-0.2, 0) is 9.59 Å². The highest BCUT2D eigenvalue weighted by atomic mass is 35.5. The van der Waals surface area contributed by atoms with Crippen LogP contribution >= 0.6 is 11.6 Å². The quantitative estimate of drug-likeness (QED) is 0.497. The van der Waals surface area contributed by atoms with Crippen molar-refractivity contribution in [2.75, 3.05) is 48.4 Å². The second-order valence-corrected chi connectivity index (χ2v) is 9.03. The summed E-state index contributed by atoms with van der Waals surface area (Å²) in [5.41, 5.74) is 2.62. The molecule has 0 unspecified atom stereocenters. The van der Waals surface area contributed by atoms with Crippen molar-refractivity contribution in [3.8, 4) is 5.75 Å². The van der Waals surface area contributed by atoms with Gasteiger partial charge in [0.2, 0.25) is 0 Å². The van der Waals surface area contributed by atoms with Crippen molar-refractivity contribution in [2.24, 2.45) is 0 Å². The van der Waals surface area contributed by atoms with Crippen molar-refractivity contribution >= 4 is 46.4 Å². The zero-order valence-corrected chi connectivity index (χ0v) is 20.9. The molecule has 3 aromatic rings. The molecule has 8 nitrogen and oxygen atoms in total. The molecule has 9 heteroatoms. The van der Waals surface area contributed by atoms with Gasteiger partial charge in [0, 0.05) is 43.1 Å². The third-order valence-electron chi connectivity index (χ3n) is 6.45. The lowest BCUT2D eigenvalue weighted by molar-refractivity contribution is -0.120. The highest BCUT2D eigenvalue weighted by molar-refractivity contribution is 6.53. The van der Waals surface area contributed by atoms with Gasteiger partial charge in [-0.05, 0) is 60.7 Å². The fraction of sp³-hybridized carbons (Fsp3) is 0.179. The topological polar surface area (TPSA) is 82.2 Å². The average Bonchev–Trinajstić information content (AvgIpc) is 3.16. The van der Waals surface area contributed by atoms with Crippen LogP contribution in [0.5, 0.6) is 5.75 Å². The van der Waals surface area contributed by atoms with E-state index in [1.807, 2.05) is 23.1 Å². The number of para-hydroxylation sites is 1. The number of nitrogens with one attached hydrogen (secondary N) is 1. The first kappa shape index (κ1) is 24.4. The molecule has 0 aromatic heterocycles. The molecule has 0 aliphatic carbocycles. The molecule has 3 amide bonds. The predicted molar refractivity (Wildman–Crippen MR) is 143 cm³/mol. The number of imide groups is 1. The second kappa shape index (κ2) is 10.4. The Labute approximate surface area is 219 Å². The summed E-state index contributed by atoms with van der Waals surface area (Å²) in [7, 11) is 1.53. The maximum Gasteiger partial charge on any atom is 0.283 e. The van der Waals surface area contributed by atoms with Crippen LogP contribution in [0.25, 0.3) is 0 Å². The van der Waals surface area contributed by atoms with Crippen LogP contribution in [0.15, 0.2) is 89.6 Å². The number of carbonyl (C=O) groups is 3. The van der Waals surface area contributed by atoms with Crippen molar-refractivity contribution in [1.82, 2.24) is 4.90 Å². The molecule has 3 aromatic carbocycles. The van der Waals surface area contributed by atoms with Gasteiger partial charge in [-0.2, -0.15) is 0 Å². The first-order valence-electron chi connectivity index (χ1n) is 11.9. The summed E-state index contributed by atoms with van der Waals surface area (Å²) >= 11 is 6.23. The van der Waals surface area contributed by atoms with Crippen molar-refractivity contribution in [3.63, 3.8) is 0 Å². The number of ether oxygens (including phenoxy) is 1. The molecule has 0 radical (unpaired) electrons. The Hall–Kier alpha value is -4.30. The lowest BCUT2D eigenvalue weighted by atomic mass is 10.1. The SMILES string of the molecule is COc1ccc(N2C(=O)C(Cl)=C(Nc3ccc(C(=O)N4CCN(c5ccccc5)CC4)cc3)C2=O)cc1. The Bertz CT molecular complexity index is 1350. The smallest absolute Gasteiger partial charge is 0.283 e. The van der Waals surface area contributed by atoms with Crippen LogP contribution in [0.1, 0.15) is 10.4 Å². The molecular formula is C28H25ClN4O4. The standard InChI is InChI=1S/C28H25ClN4O4/c1-37-23-13-11-22(12-14-23)33-27(35)24(29)25(28(33)36)30-20-9-7-19(8-10-20)26(34)32-17-15-31(16-18-32)21-5-3-2-4-6-21/h2-14,30H,15-18H2,1H3. The maximum absolute atomic E-state index is 13.0. The minimum Gasteiger partial charge on any atom is -0.497 e. The fourth-order valence-electron chi connectivity index (χ4n) is 4.41. The highest BCUT2D eigenvalue weighted by Gasteiger charge is 2.39. The molecule has 2 aliphatic rings. The number of nitrogens with zero attached hydrogens (tertiary/aromatic N) is 3. The monoisotopic (exact) mass is 516 g/mol. The number of hydrogen-bond acceptors (Lipinski definition) is 6. The normalized spacial score (nSPS) is 15.9. The molecule has 0 atom stereocenters. The number of rotatable bonds is 6. The number of halogens is 1. The Morgan fingerprint density at radius 1 is 0.811 bits per heavy atom. The summed E-state index contributed by atoms with van der Waals surface area (Å²) in [5.74, 6) is -0.611.